The van der Waals surface area contributed by atoms with Crippen molar-refractivity contribution in [1.29, 1.82) is 0 Å². The van der Waals surface area contributed by atoms with E-state index >= 15 is 0 Å². The van der Waals surface area contributed by atoms with Gasteiger partial charge in [0.05, 0.1) is 24.1 Å². The lowest BCUT2D eigenvalue weighted by atomic mass is 10.0. The molecule has 3 rings (SSSR count). The molecule has 1 aliphatic heterocycles. The topological polar surface area (TPSA) is 123 Å². The Balaban J connectivity index is 2.02. The van der Waals surface area contributed by atoms with Crippen molar-refractivity contribution in [2.75, 3.05) is 19.0 Å². The molecule has 0 radical (unpaired) electrons. The van der Waals surface area contributed by atoms with Gasteiger partial charge in [-0.15, -0.1) is 0 Å². The molecule has 8 heteroatoms. The van der Waals surface area contributed by atoms with Crippen LogP contribution >= 0.6 is 0 Å². The first kappa shape index (κ1) is 19.3. The van der Waals surface area contributed by atoms with Crippen molar-refractivity contribution in [3.05, 3.63) is 52.2 Å². The number of hydrogen-bond donors (Lipinski definition) is 3. The minimum atomic E-state index is -0.800. The lowest BCUT2D eigenvalue weighted by Gasteiger charge is -2.18. The maximum absolute atomic E-state index is 11.6. The summed E-state index contributed by atoms with van der Waals surface area (Å²) in [6.07, 6.45) is 2.28. The van der Waals surface area contributed by atoms with Gasteiger partial charge in [-0.3, -0.25) is 4.79 Å². The third-order valence-corrected chi connectivity index (χ3v) is 4.62. The Hall–Kier alpha value is -3.42. The van der Waals surface area contributed by atoms with Crippen LogP contribution in [-0.4, -0.2) is 29.7 Å². The molecule has 1 aromatic rings. The zero-order valence-electron chi connectivity index (χ0n) is 15.5. The number of aliphatic carboxylic acids is 1. The average Bonchev–Trinajstić information content (AvgIpc) is 2.68. The molecule has 1 heterocycles. The number of pyridine rings is 1. The highest BCUT2D eigenvalue weighted by atomic mass is 16.8. The van der Waals surface area contributed by atoms with Crippen molar-refractivity contribution in [3.8, 4) is 17.0 Å². The maximum Gasteiger partial charge on any atom is 0.303 e. The van der Waals surface area contributed by atoms with E-state index in [0.717, 1.165) is 23.7 Å². The third-order valence-electron chi connectivity index (χ3n) is 4.62. The highest BCUT2D eigenvalue weighted by Crippen LogP contribution is 2.34. The van der Waals surface area contributed by atoms with E-state index in [-0.39, 0.29) is 16.7 Å². The first-order valence-electron chi connectivity index (χ1n) is 9.07. The summed E-state index contributed by atoms with van der Waals surface area (Å²) in [7, 11) is 1.57. The number of carbonyl (C=O) groups is 1. The number of H-pyrrole nitrogens is 1. The van der Waals surface area contributed by atoms with E-state index in [0.29, 0.717) is 35.7 Å². The Kier molecular flexibility index (Phi) is 5.88. The zero-order valence-corrected chi connectivity index (χ0v) is 15.5. The SMILES string of the molecule is COc1ccc2[nH]c3cccc(=[N+]([O-])[O-])c-3c(NCCCCCC(=O)O)c2c1. The highest BCUT2D eigenvalue weighted by Gasteiger charge is 2.18. The molecule has 0 amide bonds. The second-order valence-electron chi connectivity index (χ2n) is 6.50. The summed E-state index contributed by atoms with van der Waals surface area (Å²) in [5, 5.41) is 36.1. The van der Waals surface area contributed by atoms with E-state index in [1.165, 1.54) is 6.07 Å². The molecular formula is C20H22N3O5-. The summed E-state index contributed by atoms with van der Waals surface area (Å²) in [5.41, 5.74) is 2.69. The number of fused-ring (bicyclic) bond motifs is 2. The van der Waals surface area contributed by atoms with Gasteiger partial charge in [-0.25, -0.2) is 0 Å². The molecule has 0 atom stereocenters. The van der Waals surface area contributed by atoms with Crippen LogP contribution in [0, 0.1) is 10.4 Å². The van der Waals surface area contributed by atoms with E-state index in [4.69, 9.17) is 9.84 Å². The van der Waals surface area contributed by atoms with E-state index < -0.39 is 5.97 Å². The Labute approximate surface area is 161 Å². The fourth-order valence-electron chi connectivity index (χ4n) is 3.28. The van der Waals surface area contributed by atoms with Crippen molar-refractivity contribution < 1.29 is 14.6 Å². The molecule has 28 heavy (non-hydrogen) atoms. The van der Waals surface area contributed by atoms with Gasteiger partial charge in [0.2, 0.25) is 5.36 Å². The quantitative estimate of drug-likeness (QED) is 0.311. The number of nitrogens with one attached hydrogen (secondary N) is 2. The van der Waals surface area contributed by atoms with E-state index in [2.05, 4.69) is 10.3 Å². The predicted molar refractivity (Wildman–Crippen MR) is 108 cm³/mol. The molecule has 0 unspecified atom stereocenters. The molecule has 0 saturated heterocycles. The van der Waals surface area contributed by atoms with Crippen LogP contribution in [0.25, 0.3) is 22.2 Å². The van der Waals surface area contributed by atoms with Crippen LogP contribution in [0.2, 0.25) is 0 Å². The van der Waals surface area contributed by atoms with Gasteiger partial charge >= 0.3 is 5.97 Å². The summed E-state index contributed by atoms with van der Waals surface area (Å²) in [5.74, 6) is -0.144. The first-order chi connectivity index (χ1) is 13.5. The van der Waals surface area contributed by atoms with Crippen molar-refractivity contribution >= 4 is 22.6 Å². The number of unbranched alkanes of at least 4 members (excludes halogenated alkanes) is 2. The van der Waals surface area contributed by atoms with Gasteiger partial charge in [0, 0.05) is 29.9 Å². The van der Waals surface area contributed by atoms with E-state index in [9.17, 15) is 15.2 Å². The van der Waals surface area contributed by atoms with Crippen LogP contribution in [0.4, 0.5) is 5.69 Å². The number of rotatable bonds is 8. The predicted octanol–water partition coefficient (Wildman–Crippen LogP) is 3.11. The molecule has 1 aromatic carbocycles. The molecule has 0 spiro atoms. The summed E-state index contributed by atoms with van der Waals surface area (Å²) in [6.45, 7) is 0.580. The Morgan fingerprint density at radius 1 is 1.21 bits per heavy atom. The van der Waals surface area contributed by atoms with Gasteiger partial charge in [-0.2, -0.15) is 4.90 Å². The van der Waals surface area contributed by atoms with Crippen molar-refractivity contribution in [3.63, 3.8) is 0 Å². The summed E-state index contributed by atoms with van der Waals surface area (Å²) >= 11 is 0. The van der Waals surface area contributed by atoms with Crippen molar-refractivity contribution in [1.82, 2.24) is 9.89 Å². The van der Waals surface area contributed by atoms with Crippen LogP contribution in [0.5, 0.6) is 5.75 Å². The van der Waals surface area contributed by atoms with E-state index in [1.54, 1.807) is 13.2 Å². The largest absolute Gasteiger partial charge is 0.612 e. The molecule has 0 saturated carbocycles. The standard InChI is InChI=1S/C20H22N3O5/c1-28-13-9-10-15-14(12-13)20(21-11-4-2-3-8-18(24)25)19-16(22-15)6-5-7-17(19)23(26)27/h5-7,9-10,12,21-22H,2-4,8,11H2,1H3,(H-,24,25,26,27)/q-1. The smallest absolute Gasteiger partial charge is 0.303 e. The summed E-state index contributed by atoms with van der Waals surface area (Å²) < 4.78 is 5.32. The average molecular weight is 384 g/mol. The molecule has 0 fully saturated rings. The van der Waals surface area contributed by atoms with Gasteiger partial charge in [-0.05, 0) is 37.1 Å². The molecule has 0 bridgehead atoms. The highest BCUT2D eigenvalue weighted by molar-refractivity contribution is 6.01. The minimum Gasteiger partial charge on any atom is -0.612 e. The Bertz CT molecular complexity index is 1020. The van der Waals surface area contributed by atoms with Crippen LogP contribution in [0.3, 0.4) is 0 Å². The van der Waals surface area contributed by atoms with Gasteiger partial charge in [0.1, 0.15) is 5.75 Å². The van der Waals surface area contributed by atoms with Crippen LogP contribution < -0.4 is 20.3 Å². The zero-order chi connectivity index (χ0) is 20.1. The Morgan fingerprint density at radius 3 is 2.75 bits per heavy atom. The van der Waals surface area contributed by atoms with Gasteiger partial charge in [-0.1, -0.05) is 12.5 Å². The number of aromatic nitrogens is 1. The molecule has 0 aromatic heterocycles. The molecule has 8 nitrogen and oxygen atoms in total. The molecule has 2 aliphatic rings. The second kappa shape index (κ2) is 8.51. The molecule has 148 valence electrons. The number of methoxy groups -OCH3 is 1. The molecule has 3 N–H and O–H groups in total. The van der Waals surface area contributed by atoms with Gasteiger partial charge in [0.15, 0.2) is 0 Å². The van der Waals surface area contributed by atoms with Crippen LogP contribution in [0.15, 0.2) is 36.4 Å². The summed E-state index contributed by atoms with van der Waals surface area (Å²) in [6, 6.07) is 10.5. The Morgan fingerprint density at radius 2 is 2.04 bits per heavy atom. The van der Waals surface area contributed by atoms with E-state index in [1.807, 2.05) is 24.3 Å². The fourth-order valence-corrected chi connectivity index (χ4v) is 3.28. The molecular weight excluding hydrogens is 362 g/mol. The van der Waals surface area contributed by atoms with Crippen LogP contribution in [-0.2, 0) is 4.79 Å². The number of ether oxygens (including phenoxy) is 1. The number of carboxylic acid groups (broad SMARTS) is 1. The van der Waals surface area contributed by atoms with Gasteiger partial charge in [0.25, 0.3) is 0 Å². The maximum atomic E-state index is 11.6. The van der Waals surface area contributed by atoms with Crippen molar-refractivity contribution in [2.24, 2.45) is 0 Å². The number of aromatic amines is 1. The monoisotopic (exact) mass is 384 g/mol. The number of carboxylic acids is 1. The first-order valence-corrected chi connectivity index (χ1v) is 9.07. The minimum absolute atomic E-state index is 0.0202. The fraction of sp³-hybridized carbons (Fsp3) is 0.300. The second-order valence-corrected chi connectivity index (χ2v) is 6.50. The van der Waals surface area contributed by atoms with Crippen LogP contribution in [0.1, 0.15) is 25.7 Å². The lowest BCUT2D eigenvalue weighted by molar-refractivity contribution is -0.137. The summed E-state index contributed by atoms with van der Waals surface area (Å²) in [4.78, 5) is 13.5. The number of anilines is 1. The number of hydrogen-bond acceptors (Lipinski definition) is 5. The van der Waals surface area contributed by atoms with Gasteiger partial charge < -0.3 is 30.6 Å². The molecule has 1 aliphatic carbocycles. The van der Waals surface area contributed by atoms with Crippen molar-refractivity contribution in [2.45, 2.75) is 25.7 Å². The number of nitrogens with zero attached hydrogens (tertiary/aromatic N) is 1. The normalized spacial score (nSPS) is 10.9. The number of benzene rings is 2. The third kappa shape index (κ3) is 4.11. The lowest BCUT2D eigenvalue weighted by Crippen LogP contribution is -2.23.